The van der Waals surface area contributed by atoms with E-state index in [9.17, 15) is 8.42 Å². The summed E-state index contributed by atoms with van der Waals surface area (Å²) in [6, 6.07) is 14.8. The first-order chi connectivity index (χ1) is 12.0. The Morgan fingerprint density at radius 1 is 1.04 bits per heavy atom. The summed E-state index contributed by atoms with van der Waals surface area (Å²) < 4.78 is 32.4. The minimum Gasteiger partial charge on any atom is -0.378 e. The lowest BCUT2D eigenvalue weighted by atomic mass is 10.2. The smallest absolute Gasteiger partial charge is 0.216 e. The summed E-state index contributed by atoms with van der Waals surface area (Å²) in [5.41, 5.74) is 2.73. The van der Waals surface area contributed by atoms with E-state index in [4.69, 9.17) is 16.3 Å². The van der Waals surface area contributed by atoms with Gasteiger partial charge in [-0.05, 0) is 35.4 Å². The van der Waals surface area contributed by atoms with Gasteiger partial charge in [0, 0.05) is 30.3 Å². The molecule has 1 fully saturated rings. The average molecular weight is 381 g/mol. The zero-order valence-electron chi connectivity index (χ0n) is 13.8. The van der Waals surface area contributed by atoms with Gasteiger partial charge in [0.1, 0.15) is 0 Å². The molecule has 25 heavy (non-hydrogen) atoms. The van der Waals surface area contributed by atoms with Crippen molar-refractivity contribution in [1.82, 2.24) is 4.72 Å². The van der Waals surface area contributed by atoms with Crippen molar-refractivity contribution in [3.63, 3.8) is 0 Å². The Labute approximate surface area is 153 Å². The molecular weight excluding hydrogens is 360 g/mol. The summed E-state index contributed by atoms with van der Waals surface area (Å²) in [7, 11) is -3.42. The number of sulfonamides is 1. The third kappa shape index (κ3) is 5.44. The number of benzene rings is 2. The van der Waals surface area contributed by atoms with Crippen LogP contribution in [0.25, 0.3) is 0 Å². The van der Waals surface area contributed by atoms with Crippen LogP contribution in [0.15, 0.2) is 48.5 Å². The number of nitrogens with one attached hydrogen (secondary N) is 1. The minimum atomic E-state index is -3.42. The Hall–Kier alpha value is -1.60. The van der Waals surface area contributed by atoms with E-state index < -0.39 is 10.0 Å². The highest BCUT2D eigenvalue weighted by Gasteiger charge is 2.13. The molecule has 1 aliphatic rings. The third-order valence-electron chi connectivity index (χ3n) is 4.05. The van der Waals surface area contributed by atoms with Crippen molar-refractivity contribution < 1.29 is 13.2 Å². The maximum atomic E-state index is 12.2. The van der Waals surface area contributed by atoms with E-state index in [1.54, 1.807) is 24.3 Å². The third-order valence-corrected chi connectivity index (χ3v) is 5.59. The van der Waals surface area contributed by atoms with Crippen LogP contribution < -0.4 is 9.62 Å². The highest BCUT2D eigenvalue weighted by Crippen LogP contribution is 2.17. The van der Waals surface area contributed by atoms with Crippen LogP contribution in [-0.4, -0.2) is 34.7 Å². The largest absolute Gasteiger partial charge is 0.378 e. The highest BCUT2D eigenvalue weighted by atomic mass is 35.5. The first kappa shape index (κ1) is 18.2. The van der Waals surface area contributed by atoms with Gasteiger partial charge in [0.25, 0.3) is 0 Å². The van der Waals surface area contributed by atoms with Crippen LogP contribution in [0.5, 0.6) is 0 Å². The van der Waals surface area contributed by atoms with Crippen LogP contribution in [0.3, 0.4) is 0 Å². The van der Waals surface area contributed by atoms with Crippen molar-refractivity contribution in [2.24, 2.45) is 0 Å². The second kappa shape index (κ2) is 8.19. The molecule has 0 aliphatic carbocycles. The molecule has 0 bridgehead atoms. The fraction of sp³-hybridized carbons (Fsp3) is 0.333. The van der Waals surface area contributed by atoms with Gasteiger partial charge in [-0.1, -0.05) is 35.9 Å². The van der Waals surface area contributed by atoms with E-state index in [2.05, 4.69) is 9.62 Å². The fourth-order valence-corrected chi connectivity index (χ4v) is 4.06. The van der Waals surface area contributed by atoms with Crippen LogP contribution in [0, 0.1) is 0 Å². The SMILES string of the molecule is O=S(=O)(Cc1cccc(Cl)c1)NCc1ccc(N2CCOCC2)cc1. The van der Waals surface area contributed by atoms with Crippen molar-refractivity contribution in [1.29, 1.82) is 0 Å². The number of morpholine rings is 1. The number of hydrogen-bond donors (Lipinski definition) is 1. The molecule has 2 aromatic carbocycles. The van der Waals surface area contributed by atoms with Gasteiger partial charge in [0.2, 0.25) is 10.0 Å². The number of anilines is 1. The summed E-state index contributed by atoms with van der Waals surface area (Å²) in [5.74, 6) is -0.0839. The molecule has 3 rings (SSSR count). The first-order valence-electron chi connectivity index (χ1n) is 8.15. The van der Waals surface area contributed by atoms with Crippen molar-refractivity contribution >= 4 is 27.3 Å². The molecule has 2 aromatic rings. The number of rotatable bonds is 6. The van der Waals surface area contributed by atoms with Crippen molar-refractivity contribution in [2.45, 2.75) is 12.3 Å². The molecule has 7 heteroatoms. The lowest BCUT2D eigenvalue weighted by Crippen LogP contribution is -2.36. The summed E-state index contributed by atoms with van der Waals surface area (Å²) in [5, 5.41) is 0.534. The van der Waals surface area contributed by atoms with Gasteiger partial charge in [0.15, 0.2) is 0 Å². The van der Waals surface area contributed by atoms with Gasteiger partial charge in [-0.15, -0.1) is 0 Å². The molecule has 0 aromatic heterocycles. The monoisotopic (exact) mass is 380 g/mol. The number of hydrogen-bond acceptors (Lipinski definition) is 4. The molecule has 0 unspecified atom stereocenters. The second-order valence-corrected chi connectivity index (χ2v) is 8.22. The first-order valence-corrected chi connectivity index (χ1v) is 10.2. The molecule has 1 heterocycles. The van der Waals surface area contributed by atoms with Gasteiger partial charge >= 0.3 is 0 Å². The number of nitrogens with zero attached hydrogens (tertiary/aromatic N) is 1. The van der Waals surface area contributed by atoms with E-state index in [-0.39, 0.29) is 12.3 Å². The zero-order valence-corrected chi connectivity index (χ0v) is 15.4. The number of ether oxygens (including phenoxy) is 1. The summed E-state index contributed by atoms with van der Waals surface area (Å²) >= 11 is 5.90. The molecule has 0 radical (unpaired) electrons. The van der Waals surface area contributed by atoms with Crippen LogP contribution in [0.2, 0.25) is 5.02 Å². The Morgan fingerprint density at radius 3 is 2.44 bits per heavy atom. The summed E-state index contributed by atoms with van der Waals surface area (Å²) in [4.78, 5) is 2.26. The van der Waals surface area contributed by atoms with Gasteiger partial charge in [-0.3, -0.25) is 0 Å². The minimum absolute atomic E-state index is 0.0839. The van der Waals surface area contributed by atoms with E-state index >= 15 is 0 Å². The van der Waals surface area contributed by atoms with Crippen molar-refractivity contribution in [3.8, 4) is 0 Å². The maximum Gasteiger partial charge on any atom is 0.216 e. The molecule has 1 saturated heterocycles. The Bertz CT molecular complexity index is 803. The fourth-order valence-electron chi connectivity index (χ4n) is 2.74. The van der Waals surface area contributed by atoms with Gasteiger partial charge < -0.3 is 9.64 Å². The standard InChI is InChI=1S/C18H21ClN2O3S/c19-17-3-1-2-16(12-17)14-25(22,23)20-13-15-4-6-18(7-5-15)21-8-10-24-11-9-21/h1-7,12,20H,8-11,13-14H2. The normalized spacial score (nSPS) is 15.3. The predicted octanol–water partition coefficient (Wildman–Crippen LogP) is 2.80. The lowest BCUT2D eigenvalue weighted by Gasteiger charge is -2.28. The molecule has 0 atom stereocenters. The van der Waals surface area contributed by atoms with E-state index in [1.165, 1.54) is 0 Å². The molecule has 1 aliphatic heterocycles. The molecular formula is C18H21ClN2O3S. The Morgan fingerprint density at radius 2 is 1.76 bits per heavy atom. The molecule has 5 nitrogen and oxygen atoms in total. The van der Waals surface area contributed by atoms with E-state index in [0.29, 0.717) is 10.6 Å². The summed E-state index contributed by atoms with van der Waals surface area (Å²) in [6.45, 7) is 3.51. The molecule has 134 valence electrons. The second-order valence-electron chi connectivity index (χ2n) is 5.98. The van der Waals surface area contributed by atoms with Gasteiger partial charge in [-0.25, -0.2) is 13.1 Å². The summed E-state index contributed by atoms with van der Waals surface area (Å²) in [6.07, 6.45) is 0. The van der Waals surface area contributed by atoms with Crippen LogP contribution >= 0.6 is 11.6 Å². The molecule has 1 N–H and O–H groups in total. The van der Waals surface area contributed by atoms with Crippen molar-refractivity contribution in [2.75, 3.05) is 31.2 Å². The van der Waals surface area contributed by atoms with Crippen molar-refractivity contribution in [3.05, 3.63) is 64.7 Å². The van der Waals surface area contributed by atoms with E-state index in [1.807, 2.05) is 24.3 Å². The zero-order chi connectivity index (χ0) is 17.7. The number of halogens is 1. The Kier molecular flexibility index (Phi) is 5.96. The van der Waals surface area contributed by atoms with Gasteiger partial charge in [0.05, 0.1) is 19.0 Å². The van der Waals surface area contributed by atoms with Crippen LogP contribution in [-0.2, 0) is 27.1 Å². The molecule has 0 saturated carbocycles. The van der Waals surface area contributed by atoms with E-state index in [0.717, 1.165) is 37.6 Å². The van der Waals surface area contributed by atoms with Crippen LogP contribution in [0.4, 0.5) is 5.69 Å². The Balaban J connectivity index is 1.57. The van der Waals surface area contributed by atoms with Gasteiger partial charge in [-0.2, -0.15) is 0 Å². The lowest BCUT2D eigenvalue weighted by molar-refractivity contribution is 0.122. The molecule has 0 spiro atoms. The highest BCUT2D eigenvalue weighted by molar-refractivity contribution is 7.88. The maximum absolute atomic E-state index is 12.2. The topological polar surface area (TPSA) is 58.6 Å². The molecule has 0 amide bonds. The quantitative estimate of drug-likeness (QED) is 0.837. The average Bonchev–Trinajstić information content (AvgIpc) is 2.61. The predicted molar refractivity (Wildman–Crippen MR) is 100 cm³/mol. The van der Waals surface area contributed by atoms with Crippen LogP contribution in [0.1, 0.15) is 11.1 Å².